The van der Waals surface area contributed by atoms with Gasteiger partial charge in [0.1, 0.15) is 0 Å². The lowest BCUT2D eigenvalue weighted by atomic mass is 10.1. The molecule has 0 amide bonds. The fraction of sp³-hybridized carbons (Fsp3) is 0.545. The highest BCUT2D eigenvalue weighted by molar-refractivity contribution is 5.87. The van der Waals surface area contributed by atoms with Crippen molar-refractivity contribution in [3.05, 3.63) is 17.5 Å². The second-order valence-electron chi connectivity index (χ2n) is 3.95. The molecule has 1 saturated heterocycles. The summed E-state index contributed by atoms with van der Waals surface area (Å²) in [6.07, 6.45) is 1.59. The molecule has 1 aliphatic heterocycles. The minimum atomic E-state index is -1.11. The van der Waals surface area contributed by atoms with Gasteiger partial charge in [-0.3, -0.25) is 4.79 Å². The zero-order chi connectivity index (χ0) is 13.1. The summed E-state index contributed by atoms with van der Waals surface area (Å²) in [5.41, 5.74) is 0.508. The van der Waals surface area contributed by atoms with E-state index < -0.39 is 12.1 Å². The van der Waals surface area contributed by atoms with Crippen molar-refractivity contribution in [2.45, 2.75) is 25.9 Å². The molecule has 7 heteroatoms. The zero-order valence-corrected chi connectivity index (χ0v) is 9.96. The van der Waals surface area contributed by atoms with E-state index >= 15 is 0 Å². The molecule has 18 heavy (non-hydrogen) atoms. The van der Waals surface area contributed by atoms with Crippen LogP contribution in [0, 0.1) is 0 Å². The minimum absolute atomic E-state index is 0.0540. The number of hydrogen-bond donors (Lipinski definition) is 1. The van der Waals surface area contributed by atoms with E-state index in [0.29, 0.717) is 25.0 Å². The monoisotopic (exact) mass is 254 g/mol. The molecule has 0 bridgehead atoms. The molecule has 1 aromatic rings. The van der Waals surface area contributed by atoms with E-state index in [-0.39, 0.29) is 18.1 Å². The van der Waals surface area contributed by atoms with Gasteiger partial charge in [-0.05, 0) is 6.42 Å². The molecule has 1 N–H and O–H groups in total. The molecule has 1 fully saturated rings. The molecule has 0 aliphatic carbocycles. The Morgan fingerprint density at radius 3 is 3.06 bits per heavy atom. The second-order valence-corrected chi connectivity index (χ2v) is 3.95. The Kier molecular flexibility index (Phi) is 3.61. The van der Waals surface area contributed by atoms with E-state index in [9.17, 15) is 9.59 Å². The number of ether oxygens (including phenoxy) is 1. The highest BCUT2D eigenvalue weighted by atomic mass is 16.7. The molecule has 0 saturated carbocycles. The van der Waals surface area contributed by atoms with E-state index in [2.05, 4.69) is 5.10 Å². The van der Waals surface area contributed by atoms with Gasteiger partial charge < -0.3 is 14.7 Å². The standard InChI is InChI=1S/C11H14N2O5/c1-2-7-5-13(12-10(7)11(15)16)18-9-6-17-4-3-8(9)14/h5,9H,2-4,6H2,1H3,(H,15,16). The predicted octanol–water partition coefficient (Wildman–Crippen LogP) is -0.0697. The van der Waals surface area contributed by atoms with E-state index in [1.54, 1.807) is 0 Å². The number of hydrogen-bond acceptors (Lipinski definition) is 5. The summed E-state index contributed by atoms with van der Waals surface area (Å²) < 4.78 is 5.13. The second kappa shape index (κ2) is 5.18. The number of nitrogens with zero attached hydrogens (tertiary/aromatic N) is 2. The van der Waals surface area contributed by atoms with Gasteiger partial charge in [0.15, 0.2) is 11.5 Å². The Hall–Kier alpha value is -1.89. The average Bonchev–Trinajstić information content (AvgIpc) is 2.75. The number of carbonyl (C=O) groups excluding carboxylic acids is 1. The molecular formula is C11H14N2O5. The summed E-state index contributed by atoms with van der Waals surface area (Å²) >= 11 is 0. The Bertz CT molecular complexity index is 468. The first-order valence-corrected chi connectivity index (χ1v) is 5.71. The number of rotatable bonds is 4. The van der Waals surface area contributed by atoms with Crippen molar-refractivity contribution in [2.75, 3.05) is 13.2 Å². The summed E-state index contributed by atoms with van der Waals surface area (Å²) in [6, 6.07) is 0. The summed E-state index contributed by atoms with van der Waals surface area (Å²) in [7, 11) is 0. The van der Waals surface area contributed by atoms with Crippen molar-refractivity contribution < 1.29 is 24.3 Å². The maximum Gasteiger partial charge on any atom is 0.356 e. The number of carboxylic acid groups (broad SMARTS) is 1. The average molecular weight is 254 g/mol. The number of aryl methyl sites for hydroxylation is 1. The van der Waals surface area contributed by atoms with Crippen LogP contribution in [0.2, 0.25) is 0 Å². The van der Waals surface area contributed by atoms with Gasteiger partial charge in [0.25, 0.3) is 0 Å². The summed E-state index contributed by atoms with van der Waals surface area (Å²) in [5, 5.41) is 12.7. The number of aromatic carboxylic acids is 1. The van der Waals surface area contributed by atoms with E-state index in [0.717, 1.165) is 4.85 Å². The molecule has 0 aromatic carbocycles. The highest BCUT2D eigenvalue weighted by Crippen LogP contribution is 2.09. The zero-order valence-electron chi connectivity index (χ0n) is 9.96. The van der Waals surface area contributed by atoms with Crippen LogP contribution in [0.3, 0.4) is 0 Å². The Labute approximate surface area is 103 Å². The minimum Gasteiger partial charge on any atom is -0.476 e. The number of carboxylic acids is 1. The molecular weight excluding hydrogens is 240 g/mol. The van der Waals surface area contributed by atoms with Gasteiger partial charge in [-0.25, -0.2) is 4.79 Å². The molecule has 1 unspecified atom stereocenters. The lowest BCUT2D eigenvalue weighted by Crippen LogP contribution is -2.41. The molecule has 1 atom stereocenters. The van der Waals surface area contributed by atoms with Crippen LogP contribution in [0.4, 0.5) is 0 Å². The van der Waals surface area contributed by atoms with Crippen molar-refractivity contribution in [1.29, 1.82) is 0 Å². The number of ketones is 1. The summed E-state index contributed by atoms with van der Waals surface area (Å²) in [5.74, 6) is -1.17. The molecule has 7 nitrogen and oxygen atoms in total. The molecule has 0 spiro atoms. The van der Waals surface area contributed by atoms with Gasteiger partial charge in [0, 0.05) is 12.0 Å². The molecule has 0 radical (unpaired) electrons. The van der Waals surface area contributed by atoms with Crippen LogP contribution in [0.1, 0.15) is 29.4 Å². The first-order chi connectivity index (χ1) is 8.61. The third-order valence-electron chi connectivity index (χ3n) is 2.71. The van der Waals surface area contributed by atoms with Crippen LogP contribution >= 0.6 is 0 Å². The van der Waals surface area contributed by atoms with Crippen LogP contribution in [-0.2, 0) is 16.0 Å². The van der Waals surface area contributed by atoms with Gasteiger partial charge >= 0.3 is 5.97 Å². The van der Waals surface area contributed by atoms with Crippen molar-refractivity contribution in [3.63, 3.8) is 0 Å². The SMILES string of the molecule is CCc1cn(OC2COCCC2=O)nc1C(=O)O. The van der Waals surface area contributed by atoms with E-state index in [1.165, 1.54) is 6.20 Å². The molecule has 1 aliphatic rings. The quantitative estimate of drug-likeness (QED) is 0.808. The molecule has 98 valence electrons. The predicted molar refractivity (Wildman–Crippen MR) is 59.4 cm³/mol. The van der Waals surface area contributed by atoms with Crippen molar-refractivity contribution >= 4 is 11.8 Å². The van der Waals surface area contributed by atoms with Crippen LogP contribution in [0.15, 0.2) is 6.20 Å². The lowest BCUT2D eigenvalue weighted by Gasteiger charge is -2.20. The van der Waals surface area contributed by atoms with Crippen molar-refractivity contribution in [2.24, 2.45) is 0 Å². The van der Waals surface area contributed by atoms with Gasteiger partial charge in [0.2, 0.25) is 6.10 Å². The fourth-order valence-electron chi connectivity index (χ4n) is 1.72. The summed E-state index contributed by atoms with van der Waals surface area (Å²) in [6.45, 7) is 2.39. The largest absolute Gasteiger partial charge is 0.476 e. The maximum absolute atomic E-state index is 11.5. The lowest BCUT2D eigenvalue weighted by molar-refractivity contribution is -0.144. The smallest absolute Gasteiger partial charge is 0.356 e. The Morgan fingerprint density at radius 2 is 2.50 bits per heavy atom. The normalized spacial score (nSPS) is 19.8. The van der Waals surface area contributed by atoms with E-state index in [4.69, 9.17) is 14.7 Å². The van der Waals surface area contributed by atoms with Gasteiger partial charge in [-0.2, -0.15) is 0 Å². The van der Waals surface area contributed by atoms with Crippen LogP contribution in [0.25, 0.3) is 0 Å². The van der Waals surface area contributed by atoms with Crippen LogP contribution in [-0.4, -0.2) is 46.1 Å². The van der Waals surface area contributed by atoms with E-state index in [1.807, 2.05) is 6.92 Å². The third kappa shape index (κ3) is 2.51. The van der Waals surface area contributed by atoms with Gasteiger partial charge in [-0.15, -0.1) is 9.94 Å². The maximum atomic E-state index is 11.5. The molecule has 1 aromatic heterocycles. The first kappa shape index (κ1) is 12.6. The Morgan fingerprint density at radius 1 is 1.72 bits per heavy atom. The molecule has 2 rings (SSSR count). The van der Waals surface area contributed by atoms with Crippen molar-refractivity contribution in [3.8, 4) is 0 Å². The first-order valence-electron chi connectivity index (χ1n) is 5.71. The topological polar surface area (TPSA) is 90.7 Å². The summed E-state index contributed by atoms with van der Waals surface area (Å²) in [4.78, 5) is 28.8. The third-order valence-corrected chi connectivity index (χ3v) is 2.71. The van der Waals surface area contributed by atoms with Gasteiger partial charge in [0.05, 0.1) is 19.4 Å². The highest BCUT2D eigenvalue weighted by Gasteiger charge is 2.26. The fourth-order valence-corrected chi connectivity index (χ4v) is 1.72. The van der Waals surface area contributed by atoms with Crippen LogP contribution in [0.5, 0.6) is 0 Å². The number of carbonyl (C=O) groups is 2. The molecule has 2 heterocycles. The number of Topliss-reactive ketones (excluding diaryl/α,β-unsaturated/α-hetero) is 1. The van der Waals surface area contributed by atoms with Crippen LogP contribution < -0.4 is 4.84 Å². The van der Waals surface area contributed by atoms with Gasteiger partial charge in [-0.1, -0.05) is 6.92 Å². The van der Waals surface area contributed by atoms with Crippen molar-refractivity contribution in [1.82, 2.24) is 9.94 Å². The number of aromatic nitrogens is 2. The Balaban J connectivity index is 2.14.